The Bertz CT molecular complexity index is 1220. The van der Waals surface area contributed by atoms with Gasteiger partial charge in [-0.2, -0.15) is 0 Å². The fraction of sp³-hybridized carbons (Fsp3) is 0.360. The van der Waals surface area contributed by atoms with Gasteiger partial charge in [0.15, 0.2) is 0 Å². The van der Waals surface area contributed by atoms with Gasteiger partial charge in [0.05, 0.1) is 12.1 Å². The molecule has 1 fully saturated rings. The molecule has 2 heterocycles. The second-order valence-electron chi connectivity index (χ2n) is 9.00. The minimum absolute atomic E-state index is 0.00432. The van der Waals surface area contributed by atoms with E-state index in [-0.39, 0.29) is 11.8 Å². The molecule has 2 aromatic carbocycles. The van der Waals surface area contributed by atoms with E-state index in [1.165, 1.54) is 0 Å². The number of hydrogen-bond acceptors (Lipinski definition) is 6. The number of amides is 2. The van der Waals surface area contributed by atoms with Crippen molar-refractivity contribution in [2.75, 3.05) is 31.5 Å². The van der Waals surface area contributed by atoms with E-state index in [1.807, 2.05) is 38.1 Å². The summed E-state index contributed by atoms with van der Waals surface area (Å²) in [5.74, 6) is 0.721. The van der Waals surface area contributed by atoms with E-state index in [1.54, 1.807) is 23.1 Å². The van der Waals surface area contributed by atoms with Crippen LogP contribution >= 0.6 is 23.2 Å². The standard InChI is InChI=1S/C25H28Cl2N6O2/c1-15(2)22(23(28)34)31-24-19-5-3-4-6-20(19)29-21(30-24)14-32-7-9-33(10-8-32)25(35)16-11-17(26)13-18(27)12-16/h3-6,11-13,15,22H,7-10,14H2,1-2H3,(H2,28,34)(H,29,30,31)/t22-/m0/s1. The molecule has 1 atom stereocenters. The van der Waals surface area contributed by atoms with Gasteiger partial charge in [-0.15, -0.1) is 0 Å². The second kappa shape index (κ2) is 10.8. The molecule has 0 bridgehead atoms. The first kappa shape index (κ1) is 25.2. The molecule has 1 aliphatic rings. The zero-order chi connectivity index (χ0) is 25.1. The van der Waals surface area contributed by atoms with E-state index in [9.17, 15) is 9.59 Å². The second-order valence-corrected chi connectivity index (χ2v) is 9.87. The normalized spacial score (nSPS) is 15.4. The third-order valence-corrected chi connectivity index (χ3v) is 6.49. The molecule has 3 N–H and O–H groups in total. The number of carbonyl (C=O) groups excluding carboxylic acids is 2. The van der Waals surface area contributed by atoms with Crippen LogP contribution in [0, 0.1) is 5.92 Å². The van der Waals surface area contributed by atoms with Crippen LogP contribution in [-0.4, -0.2) is 63.8 Å². The van der Waals surface area contributed by atoms with Gasteiger partial charge < -0.3 is 16.0 Å². The van der Waals surface area contributed by atoms with E-state index in [0.29, 0.717) is 60.0 Å². The molecule has 0 saturated carbocycles. The maximum absolute atomic E-state index is 12.9. The highest BCUT2D eigenvalue weighted by Crippen LogP contribution is 2.24. The number of hydrogen-bond donors (Lipinski definition) is 2. The molecule has 0 radical (unpaired) electrons. The number of benzene rings is 2. The topological polar surface area (TPSA) is 104 Å². The predicted octanol–water partition coefficient (Wildman–Crippen LogP) is 3.82. The summed E-state index contributed by atoms with van der Waals surface area (Å²) in [6.07, 6.45) is 0. The summed E-state index contributed by atoms with van der Waals surface area (Å²) < 4.78 is 0. The van der Waals surface area contributed by atoms with Crippen molar-refractivity contribution >= 4 is 51.7 Å². The maximum Gasteiger partial charge on any atom is 0.254 e. The number of nitrogens with one attached hydrogen (secondary N) is 1. The van der Waals surface area contributed by atoms with Gasteiger partial charge >= 0.3 is 0 Å². The Morgan fingerprint density at radius 3 is 2.31 bits per heavy atom. The lowest BCUT2D eigenvalue weighted by atomic mass is 10.0. The summed E-state index contributed by atoms with van der Waals surface area (Å²) in [5.41, 5.74) is 6.89. The van der Waals surface area contributed by atoms with Crippen LogP contribution in [0.2, 0.25) is 10.0 Å². The van der Waals surface area contributed by atoms with E-state index in [4.69, 9.17) is 38.9 Å². The van der Waals surface area contributed by atoms with Crippen molar-refractivity contribution in [3.05, 3.63) is 63.9 Å². The lowest BCUT2D eigenvalue weighted by Gasteiger charge is -2.34. The predicted molar refractivity (Wildman–Crippen MR) is 139 cm³/mol. The third-order valence-electron chi connectivity index (χ3n) is 6.05. The average molecular weight is 515 g/mol. The molecular weight excluding hydrogens is 487 g/mol. The van der Waals surface area contributed by atoms with Gasteiger partial charge in [-0.3, -0.25) is 14.5 Å². The Kier molecular flexibility index (Phi) is 7.74. The maximum atomic E-state index is 12.9. The first-order valence-electron chi connectivity index (χ1n) is 11.5. The Balaban J connectivity index is 1.47. The van der Waals surface area contributed by atoms with Crippen molar-refractivity contribution in [3.63, 3.8) is 0 Å². The molecular formula is C25H28Cl2N6O2. The number of fused-ring (bicyclic) bond motifs is 1. The van der Waals surface area contributed by atoms with Crippen LogP contribution in [0.4, 0.5) is 5.82 Å². The number of para-hydroxylation sites is 1. The molecule has 1 aliphatic heterocycles. The first-order chi connectivity index (χ1) is 16.7. The van der Waals surface area contributed by atoms with E-state index in [0.717, 1.165) is 10.9 Å². The summed E-state index contributed by atoms with van der Waals surface area (Å²) in [4.78, 5) is 38.3. The molecule has 4 rings (SSSR count). The molecule has 0 aliphatic carbocycles. The van der Waals surface area contributed by atoms with Crippen molar-refractivity contribution in [2.24, 2.45) is 11.7 Å². The van der Waals surface area contributed by atoms with Crippen molar-refractivity contribution in [1.82, 2.24) is 19.8 Å². The van der Waals surface area contributed by atoms with E-state index in [2.05, 4.69) is 10.2 Å². The monoisotopic (exact) mass is 514 g/mol. The summed E-state index contributed by atoms with van der Waals surface area (Å²) in [5, 5.41) is 4.94. The number of primary amides is 1. The Morgan fingerprint density at radius 1 is 1.03 bits per heavy atom. The average Bonchev–Trinajstić information content (AvgIpc) is 2.81. The number of halogens is 2. The van der Waals surface area contributed by atoms with Crippen molar-refractivity contribution in [3.8, 4) is 0 Å². The minimum atomic E-state index is -0.546. The van der Waals surface area contributed by atoms with E-state index >= 15 is 0 Å². The van der Waals surface area contributed by atoms with Crippen molar-refractivity contribution < 1.29 is 9.59 Å². The van der Waals surface area contributed by atoms with Gasteiger partial charge in [-0.05, 0) is 36.2 Å². The number of piperazine rings is 1. The quantitative estimate of drug-likeness (QED) is 0.496. The number of aromatic nitrogens is 2. The number of carbonyl (C=O) groups is 2. The molecule has 3 aromatic rings. The molecule has 1 aromatic heterocycles. The summed E-state index contributed by atoms with van der Waals surface area (Å²) in [7, 11) is 0. The number of rotatable bonds is 7. The molecule has 0 spiro atoms. The van der Waals surface area contributed by atoms with Crippen molar-refractivity contribution in [2.45, 2.75) is 26.4 Å². The van der Waals surface area contributed by atoms with Gasteiger partial charge in [0.2, 0.25) is 5.91 Å². The van der Waals surface area contributed by atoms with Gasteiger partial charge in [0.1, 0.15) is 17.7 Å². The minimum Gasteiger partial charge on any atom is -0.368 e. The van der Waals surface area contributed by atoms with Crippen LogP contribution in [0.25, 0.3) is 10.9 Å². The molecule has 1 saturated heterocycles. The highest BCUT2D eigenvalue weighted by Gasteiger charge is 2.25. The Labute approximate surface area is 214 Å². The summed E-state index contributed by atoms with van der Waals surface area (Å²) in [6, 6.07) is 12.0. The van der Waals surface area contributed by atoms with Gasteiger partial charge in [-0.25, -0.2) is 9.97 Å². The van der Waals surface area contributed by atoms with E-state index < -0.39 is 11.9 Å². The molecule has 8 nitrogen and oxygen atoms in total. The van der Waals surface area contributed by atoms with Gasteiger partial charge in [0, 0.05) is 47.2 Å². The van der Waals surface area contributed by atoms with Crippen LogP contribution in [0.1, 0.15) is 30.0 Å². The fourth-order valence-corrected chi connectivity index (χ4v) is 4.71. The smallest absolute Gasteiger partial charge is 0.254 e. The zero-order valence-electron chi connectivity index (χ0n) is 19.7. The molecule has 10 heteroatoms. The van der Waals surface area contributed by atoms with Crippen LogP contribution < -0.4 is 11.1 Å². The highest BCUT2D eigenvalue weighted by atomic mass is 35.5. The summed E-state index contributed by atoms with van der Waals surface area (Å²) >= 11 is 12.1. The lowest BCUT2D eigenvalue weighted by molar-refractivity contribution is -0.119. The van der Waals surface area contributed by atoms with Crippen LogP contribution in [0.15, 0.2) is 42.5 Å². The molecule has 35 heavy (non-hydrogen) atoms. The first-order valence-corrected chi connectivity index (χ1v) is 12.3. The van der Waals surface area contributed by atoms with Crippen LogP contribution in [0.5, 0.6) is 0 Å². The van der Waals surface area contributed by atoms with Crippen LogP contribution in [0.3, 0.4) is 0 Å². The Morgan fingerprint density at radius 2 is 1.69 bits per heavy atom. The molecule has 184 valence electrons. The highest BCUT2D eigenvalue weighted by molar-refractivity contribution is 6.35. The summed E-state index contributed by atoms with van der Waals surface area (Å²) in [6.45, 7) is 6.88. The fourth-order valence-electron chi connectivity index (χ4n) is 4.19. The van der Waals surface area contributed by atoms with Gasteiger partial charge in [0.25, 0.3) is 5.91 Å². The van der Waals surface area contributed by atoms with Gasteiger partial charge in [-0.1, -0.05) is 49.2 Å². The SMILES string of the molecule is CC(C)[C@H](Nc1nc(CN2CCN(C(=O)c3cc(Cl)cc(Cl)c3)CC2)nc2ccccc12)C(N)=O. The lowest BCUT2D eigenvalue weighted by Crippen LogP contribution is -2.48. The van der Waals surface area contributed by atoms with Crippen molar-refractivity contribution in [1.29, 1.82) is 0 Å². The zero-order valence-corrected chi connectivity index (χ0v) is 21.2. The largest absolute Gasteiger partial charge is 0.368 e. The molecule has 0 unspecified atom stereocenters. The third kappa shape index (κ3) is 6.01. The number of anilines is 1. The molecule has 2 amide bonds. The van der Waals surface area contributed by atoms with Crippen LogP contribution in [-0.2, 0) is 11.3 Å². The number of nitrogens with zero attached hydrogens (tertiary/aromatic N) is 4. The Hall–Kier alpha value is -2.94. The number of nitrogens with two attached hydrogens (primary N) is 1.